The number of fused-ring (bicyclic) bond motifs is 1. The Bertz CT molecular complexity index is 1060. The molecular weight excluding hydrogens is 350 g/mol. The van der Waals surface area contributed by atoms with Crippen LogP contribution in [0.25, 0.3) is 10.9 Å². The number of benzene rings is 3. The fraction of sp³-hybridized carbons (Fsp3) is 0.0435. The SMILES string of the molecule is O=C(NNC(=O)C(c1ccccc1)c1ccccc1)c1c[nH]c2ccccc12. The van der Waals surface area contributed by atoms with E-state index < -0.39 is 5.92 Å². The maximum Gasteiger partial charge on any atom is 0.271 e. The molecule has 0 saturated heterocycles. The van der Waals surface area contributed by atoms with E-state index in [4.69, 9.17) is 0 Å². The van der Waals surface area contributed by atoms with Gasteiger partial charge in [0.1, 0.15) is 0 Å². The first-order chi connectivity index (χ1) is 13.7. The van der Waals surface area contributed by atoms with Crippen LogP contribution in [0.2, 0.25) is 0 Å². The average Bonchev–Trinajstić information content (AvgIpc) is 3.18. The van der Waals surface area contributed by atoms with Crippen LogP contribution in [0.4, 0.5) is 0 Å². The molecule has 1 heterocycles. The lowest BCUT2D eigenvalue weighted by atomic mass is 9.91. The smallest absolute Gasteiger partial charge is 0.271 e. The summed E-state index contributed by atoms with van der Waals surface area (Å²) in [6, 6.07) is 26.5. The van der Waals surface area contributed by atoms with Crippen molar-refractivity contribution in [3.05, 3.63) is 108 Å². The predicted octanol–water partition coefficient (Wildman–Crippen LogP) is 3.76. The van der Waals surface area contributed by atoms with Gasteiger partial charge in [0.05, 0.1) is 11.5 Å². The van der Waals surface area contributed by atoms with Gasteiger partial charge in [-0.15, -0.1) is 0 Å². The molecule has 0 spiro atoms. The minimum Gasteiger partial charge on any atom is -0.360 e. The van der Waals surface area contributed by atoms with Crippen LogP contribution in [-0.4, -0.2) is 16.8 Å². The van der Waals surface area contributed by atoms with E-state index in [1.54, 1.807) is 6.20 Å². The largest absolute Gasteiger partial charge is 0.360 e. The summed E-state index contributed by atoms with van der Waals surface area (Å²) < 4.78 is 0. The first kappa shape index (κ1) is 17.5. The molecule has 5 nitrogen and oxygen atoms in total. The molecule has 0 aliphatic rings. The van der Waals surface area contributed by atoms with Gasteiger partial charge in [-0.05, 0) is 17.2 Å². The topological polar surface area (TPSA) is 74.0 Å². The van der Waals surface area contributed by atoms with Crippen LogP contribution >= 0.6 is 0 Å². The van der Waals surface area contributed by atoms with Crippen molar-refractivity contribution in [1.29, 1.82) is 0 Å². The maximum atomic E-state index is 12.9. The Kier molecular flexibility index (Phi) is 4.89. The number of H-pyrrole nitrogens is 1. The Morgan fingerprint density at radius 2 is 1.29 bits per heavy atom. The summed E-state index contributed by atoms with van der Waals surface area (Å²) in [5.74, 6) is -1.19. The van der Waals surface area contributed by atoms with Crippen molar-refractivity contribution in [3.8, 4) is 0 Å². The first-order valence-electron chi connectivity index (χ1n) is 9.00. The molecule has 4 aromatic rings. The molecule has 0 aliphatic heterocycles. The second kappa shape index (κ2) is 7.80. The normalized spacial score (nSPS) is 10.8. The highest BCUT2D eigenvalue weighted by Crippen LogP contribution is 2.24. The van der Waals surface area contributed by atoms with Crippen LogP contribution in [0, 0.1) is 0 Å². The van der Waals surface area contributed by atoms with Gasteiger partial charge in [0.2, 0.25) is 5.91 Å². The van der Waals surface area contributed by atoms with Crippen molar-refractivity contribution < 1.29 is 9.59 Å². The van der Waals surface area contributed by atoms with Gasteiger partial charge >= 0.3 is 0 Å². The Balaban J connectivity index is 1.54. The lowest BCUT2D eigenvalue weighted by Crippen LogP contribution is -2.44. The predicted molar refractivity (Wildman–Crippen MR) is 109 cm³/mol. The van der Waals surface area contributed by atoms with E-state index in [0.717, 1.165) is 22.0 Å². The fourth-order valence-corrected chi connectivity index (χ4v) is 3.30. The van der Waals surface area contributed by atoms with E-state index >= 15 is 0 Å². The van der Waals surface area contributed by atoms with Crippen LogP contribution in [0.5, 0.6) is 0 Å². The third-order valence-corrected chi connectivity index (χ3v) is 4.66. The third-order valence-electron chi connectivity index (χ3n) is 4.66. The van der Waals surface area contributed by atoms with Crippen molar-refractivity contribution in [1.82, 2.24) is 15.8 Å². The second-order valence-corrected chi connectivity index (χ2v) is 6.45. The summed E-state index contributed by atoms with van der Waals surface area (Å²) in [5, 5.41) is 0.803. The number of rotatable bonds is 4. The average molecular weight is 369 g/mol. The summed E-state index contributed by atoms with van der Waals surface area (Å²) in [7, 11) is 0. The molecule has 5 heteroatoms. The van der Waals surface area contributed by atoms with Gasteiger partial charge in [-0.1, -0.05) is 78.9 Å². The van der Waals surface area contributed by atoms with Gasteiger partial charge in [0, 0.05) is 17.1 Å². The molecular formula is C23H19N3O2. The van der Waals surface area contributed by atoms with E-state index in [0.29, 0.717) is 5.56 Å². The van der Waals surface area contributed by atoms with Crippen molar-refractivity contribution >= 4 is 22.7 Å². The summed E-state index contributed by atoms with van der Waals surface area (Å²) in [6.45, 7) is 0. The number of para-hydroxylation sites is 1. The molecule has 2 amide bonds. The second-order valence-electron chi connectivity index (χ2n) is 6.45. The zero-order valence-electron chi connectivity index (χ0n) is 15.1. The fourth-order valence-electron chi connectivity index (χ4n) is 3.30. The molecule has 138 valence electrons. The third kappa shape index (κ3) is 3.50. The Hall–Kier alpha value is -3.86. The zero-order chi connectivity index (χ0) is 19.3. The minimum atomic E-state index is -0.523. The van der Waals surface area contributed by atoms with E-state index in [9.17, 15) is 9.59 Å². The monoisotopic (exact) mass is 369 g/mol. The number of aromatic nitrogens is 1. The molecule has 3 N–H and O–H groups in total. The van der Waals surface area contributed by atoms with Gasteiger partial charge in [-0.2, -0.15) is 0 Å². The van der Waals surface area contributed by atoms with E-state index in [2.05, 4.69) is 15.8 Å². The standard InChI is InChI=1S/C23H19N3O2/c27-22(19-15-24-20-14-8-7-13-18(19)20)25-26-23(28)21(16-9-3-1-4-10-16)17-11-5-2-6-12-17/h1-15,21,24H,(H,25,27)(H,26,28). The number of hydrazine groups is 1. The van der Waals surface area contributed by atoms with Crippen molar-refractivity contribution in [2.75, 3.05) is 0 Å². The number of aromatic amines is 1. The Morgan fingerprint density at radius 3 is 1.93 bits per heavy atom. The van der Waals surface area contributed by atoms with Crippen LogP contribution < -0.4 is 10.9 Å². The molecule has 0 radical (unpaired) electrons. The number of carbonyl (C=O) groups excluding carboxylic acids is 2. The molecule has 0 fully saturated rings. The van der Waals surface area contributed by atoms with E-state index in [1.165, 1.54) is 0 Å². The Morgan fingerprint density at radius 1 is 0.714 bits per heavy atom. The van der Waals surface area contributed by atoms with E-state index in [1.807, 2.05) is 84.9 Å². The van der Waals surface area contributed by atoms with Gasteiger partial charge < -0.3 is 4.98 Å². The number of hydrogen-bond donors (Lipinski definition) is 3. The summed E-state index contributed by atoms with van der Waals surface area (Å²) in [5.41, 5.74) is 8.17. The molecule has 0 unspecified atom stereocenters. The highest BCUT2D eigenvalue weighted by atomic mass is 16.2. The minimum absolute atomic E-state index is 0.300. The highest BCUT2D eigenvalue weighted by Gasteiger charge is 2.23. The Labute approximate surface area is 162 Å². The van der Waals surface area contributed by atoms with Gasteiger partial charge in [-0.3, -0.25) is 20.4 Å². The van der Waals surface area contributed by atoms with Crippen LogP contribution in [0.3, 0.4) is 0 Å². The first-order valence-corrected chi connectivity index (χ1v) is 9.00. The van der Waals surface area contributed by atoms with Crippen molar-refractivity contribution in [2.45, 2.75) is 5.92 Å². The van der Waals surface area contributed by atoms with Gasteiger partial charge in [0.25, 0.3) is 5.91 Å². The molecule has 4 rings (SSSR count). The van der Waals surface area contributed by atoms with Crippen LogP contribution in [0.15, 0.2) is 91.1 Å². The molecule has 0 atom stereocenters. The lowest BCUT2D eigenvalue weighted by molar-refractivity contribution is -0.122. The van der Waals surface area contributed by atoms with Crippen LogP contribution in [0.1, 0.15) is 27.4 Å². The molecule has 0 bridgehead atoms. The molecule has 3 aromatic carbocycles. The summed E-state index contributed by atoms with van der Waals surface area (Å²) >= 11 is 0. The summed E-state index contributed by atoms with van der Waals surface area (Å²) in [4.78, 5) is 28.6. The highest BCUT2D eigenvalue weighted by molar-refractivity contribution is 6.07. The number of hydrogen-bond acceptors (Lipinski definition) is 2. The number of nitrogens with one attached hydrogen (secondary N) is 3. The molecule has 28 heavy (non-hydrogen) atoms. The summed E-state index contributed by atoms with van der Waals surface area (Å²) in [6.07, 6.45) is 1.64. The number of carbonyl (C=O) groups is 2. The zero-order valence-corrected chi connectivity index (χ0v) is 15.1. The number of amides is 2. The molecule has 1 aromatic heterocycles. The quantitative estimate of drug-likeness (QED) is 0.479. The lowest BCUT2D eigenvalue weighted by Gasteiger charge is -2.18. The molecule has 0 saturated carbocycles. The van der Waals surface area contributed by atoms with Gasteiger partial charge in [0.15, 0.2) is 0 Å². The molecule has 0 aliphatic carbocycles. The maximum absolute atomic E-state index is 12.9. The van der Waals surface area contributed by atoms with Gasteiger partial charge in [-0.25, -0.2) is 0 Å². The van der Waals surface area contributed by atoms with Crippen molar-refractivity contribution in [3.63, 3.8) is 0 Å². The van der Waals surface area contributed by atoms with E-state index in [-0.39, 0.29) is 11.8 Å². The van der Waals surface area contributed by atoms with Crippen LogP contribution in [-0.2, 0) is 4.79 Å². The van der Waals surface area contributed by atoms with Crippen molar-refractivity contribution in [2.24, 2.45) is 0 Å².